The highest BCUT2D eigenvalue weighted by atomic mass is 127. The van der Waals surface area contributed by atoms with Crippen LogP contribution in [0.25, 0.3) is 0 Å². The Kier molecular flexibility index (Phi) is 9.95. The van der Waals surface area contributed by atoms with Crippen LogP contribution in [0.4, 0.5) is 8.78 Å². The standard InChI is InChI=1S/C16H26F2N4O2S.HI/c1-6-19-15(20-10-16(3,4)22-25(5,23)24)21-11(2)12-7-8-13(17)14(18)9-12;/h7-9,11,22H,6,10H2,1-5H3,(H2,19,20,21);1H. The Labute approximate surface area is 171 Å². The summed E-state index contributed by atoms with van der Waals surface area (Å²) in [5.41, 5.74) is -0.195. The number of benzene rings is 1. The molecular weight excluding hydrogens is 477 g/mol. The monoisotopic (exact) mass is 504 g/mol. The molecule has 6 nitrogen and oxygen atoms in total. The summed E-state index contributed by atoms with van der Waals surface area (Å²) in [6.45, 7) is 7.91. The van der Waals surface area contributed by atoms with Crippen molar-refractivity contribution in [3.8, 4) is 0 Å². The highest BCUT2D eigenvalue weighted by Gasteiger charge is 2.22. The molecule has 0 amide bonds. The van der Waals surface area contributed by atoms with Gasteiger partial charge in [-0.2, -0.15) is 0 Å². The molecule has 0 aliphatic rings. The first kappa shape index (κ1) is 25.0. The van der Waals surface area contributed by atoms with E-state index in [1.54, 1.807) is 20.8 Å². The molecule has 26 heavy (non-hydrogen) atoms. The highest BCUT2D eigenvalue weighted by molar-refractivity contribution is 14.0. The number of nitrogens with zero attached hydrogens (tertiary/aromatic N) is 1. The number of nitrogens with one attached hydrogen (secondary N) is 3. The van der Waals surface area contributed by atoms with Gasteiger partial charge in [0.2, 0.25) is 10.0 Å². The molecule has 0 saturated carbocycles. The van der Waals surface area contributed by atoms with E-state index in [1.165, 1.54) is 6.07 Å². The van der Waals surface area contributed by atoms with Crippen molar-refractivity contribution in [1.82, 2.24) is 15.4 Å². The van der Waals surface area contributed by atoms with Crippen LogP contribution in [-0.4, -0.2) is 39.3 Å². The molecule has 1 atom stereocenters. The van der Waals surface area contributed by atoms with E-state index >= 15 is 0 Å². The maximum atomic E-state index is 13.4. The first-order valence-electron chi connectivity index (χ1n) is 7.92. The van der Waals surface area contributed by atoms with Crippen LogP contribution in [-0.2, 0) is 10.0 Å². The highest BCUT2D eigenvalue weighted by Crippen LogP contribution is 2.16. The molecule has 150 valence electrons. The topological polar surface area (TPSA) is 82.6 Å². The average molecular weight is 504 g/mol. The van der Waals surface area contributed by atoms with Crippen LogP contribution in [0.5, 0.6) is 0 Å². The SMILES string of the molecule is CCNC(=NCC(C)(C)NS(C)(=O)=O)NC(C)c1ccc(F)c(F)c1.I. The van der Waals surface area contributed by atoms with Crippen molar-refractivity contribution in [1.29, 1.82) is 0 Å². The van der Waals surface area contributed by atoms with Gasteiger partial charge in [0.15, 0.2) is 17.6 Å². The van der Waals surface area contributed by atoms with Crippen LogP contribution < -0.4 is 15.4 Å². The predicted molar refractivity (Wildman–Crippen MR) is 111 cm³/mol. The Morgan fingerprint density at radius 3 is 2.38 bits per heavy atom. The molecule has 10 heteroatoms. The van der Waals surface area contributed by atoms with E-state index in [0.717, 1.165) is 18.4 Å². The zero-order valence-corrected chi connectivity index (χ0v) is 18.7. The second kappa shape index (κ2) is 10.4. The summed E-state index contributed by atoms with van der Waals surface area (Å²) in [5, 5.41) is 6.13. The Balaban J connectivity index is 0.00000625. The summed E-state index contributed by atoms with van der Waals surface area (Å²) in [4.78, 5) is 4.37. The smallest absolute Gasteiger partial charge is 0.209 e. The Morgan fingerprint density at radius 2 is 1.88 bits per heavy atom. The van der Waals surface area contributed by atoms with Gasteiger partial charge in [0.05, 0.1) is 18.8 Å². The molecule has 0 aliphatic carbocycles. The number of hydrogen-bond acceptors (Lipinski definition) is 3. The van der Waals surface area contributed by atoms with Gasteiger partial charge in [-0.15, -0.1) is 24.0 Å². The molecule has 0 saturated heterocycles. The average Bonchev–Trinajstić information content (AvgIpc) is 2.45. The zero-order chi connectivity index (χ0) is 19.3. The van der Waals surface area contributed by atoms with Crippen molar-refractivity contribution < 1.29 is 17.2 Å². The van der Waals surface area contributed by atoms with Crippen LogP contribution in [0.15, 0.2) is 23.2 Å². The first-order valence-corrected chi connectivity index (χ1v) is 9.81. The third-order valence-electron chi connectivity index (χ3n) is 3.24. The first-order chi connectivity index (χ1) is 11.4. The molecule has 0 spiro atoms. The Bertz CT molecular complexity index is 727. The number of aliphatic imine (C=N–C) groups is 1. The summed E-state index contributed by atoms with van der Waals surface area (Å²) in [6.07, 6.45) is 1.09. The zero-order valence-electron chi connectivity index (χ0n) is 15.6. The van der Waals surface area contributed by atoms with Crippen molar-refractivity contribution in [2.24, 2.45) is 4.99 Å². The van der Waals surface area contributed by atoms with Gasteiger partial charge < -0.3 is 10.6 Å². The summed E-state index contributed by atoms with van der Waals surface area (Å²) < 4.78 is 51.7. The van der Waals surface area contributed by atoms with E-state index < -0.39 is 27.2 Å². The molecule has 0 radical (unpaired) electrons. The fourth-order valence-electron chi connectivity index (χ4n) is 2.20. The number of rotatable bonds is 7. The fraction of sp³-hybridized carbons (Fsp3) is 0.562. The minimum absolute atomic E-state index is 0. The molecule has 1 unspecified atom stereocenters. The number of halogens is 3. The van der Waals surface area contributed by atoms with Gasteiger partial charge in [0.25, 0.3) is 0 Å². The van der Waals surface area contributed by atoms with E-state index in [1.807, 2.05) is 6.92 Å². The van der Waals surface area contributed by atoms with Crippen LogP contribution in [0.3, 0.4) is 0 Å². The Hall–Kier alpha value is -1.01. The molecule has 0 aliphatic heterocycles. The maximum Gasteiger partial charge on any atom is 0.209 e. The third-order valence-corrected chi connectivity index (χ3v) is 4.16. The van der Waals surface area contributed by atoms with Crippen molar-refractivity contribution >= 4 is 40.0 Å². The van der Waals surface area contributed by atoms with E-state index in [4.69, 9.17) is 0 Å². The summed E-state index contributed by atoms with van der Waals surface area (Å²) in [5.74, 6) is -1.36. The summed E-state index contributed by atoms with van der Waals surface area (Å²) >= 11 is 0. The van der Waals surface area contributed by atoms with Crippen LogP contribution >= 0.6 is 24.0 Å². The van der Waals surface area contributed by atoms with Crippen LogP contribution in [0.1, 0.15) is 39.3 Å². The van der Waals surface area contributed by atoms with Crippen molar-refractivity contribution in [2.75, 3.05) is 19.3 Å². The molecule has 1 aromatic carbocycles. The molecular formula is C16H27F2IN4O2S. The molecule has 0 aromatic heterocycles. The van der Waals surface area contributed by atoms with E-state index in [-0.39, 0.29) is 36.6 Å². The number of sulfonamides is 1. The molecule has 0 bridgehead atoms. The lowest BCUT2D eigenvalue weighted by Crippen LogP contribution is -2.47. The van der Waals surface area contributed by atoms with Gasteiger partial charge in [-0.3, -0.25) is 4.99 Å². The van der Waals surface area contributed by atoms with E-state index in [2.05, 4.69) is 20.3 Å². The van der Waals surface area contributed by atoms with Crippen LogP contribution in [0.2, 0.25) is 0 Å². The van der Waals surface area contributed by atoms with Gasteiger partial charge in [-0.05, 0) is 45.4 Å². The maximum absolute atomic E-state index is 13.4. The van der Waals surface area contributed by atoms with E-state index in [9.17, 15) is 17.2 Å². The largest absolute Gasteiger partial charge is 0.357 e. The predicted octanol–water partition coefficient (Wildman–Crippen LogP) is 2.53. The number of hydrogen-bond donors (Lipinski definition) is 3. The molecule has 3 N–H and O–H groups in total. The van der Waals surface area contributed by atoms with E-state index in [0.29, 0.717) is 18.1 Å². The van der Waals surface area contributed by atoms with Crippen molar-refractivity contribution in [3.05, 3.63) is 35.4 Å². The minimum Gasteiger partial charge on any atom is -0.357 e. The quantitative estimate of drug-likeness (QED) is 0.303. The third kappa shape index (κ3) is 9.08. The lowest BCUT2D eigenvalue weighted by atomic mass is 10.1. The molecule has 0 heterocycles. The van der Waals surface area contributed by atoms with Gasteiger partial charge in [0, 0.05) is 12.1 Å². The minimum atomic E-state index is -3.35. The van der Waals surface area contributed by atoms with Gasteiger partial charge in [-0.1, -0.05) is 6.07 Å². The lowest BCUT2D eigenvalue weighted by molar-refractivity contribution is 0.464. The summed E-state index contributed by atoms with van der Waals surface area (Å²) in [7, 11) is -3.35. The van der Waals surface area contributed by atoms with Crippen LogP contribution in [0, 0.1) is 11.6 Å². The Morgan fingerprint density at radius 1 is 1.27 bits per heavy atom. The molecule has 1 aromatic rings. The molecule has 1 rings (SSSR count). The summed E-state index contributed by atoms with van der Waals surface area (Å²) in [6, 6.07) is 3.38. The van der Waals surface area contributed by atoms with Gasteiger partial charge >= 0.3 is 0 Å². The second-order valence-corrected chi connectivity index (χ2v) is 8.24. The lowest BCUT2D eigenvalue weighted by Gasteiger charge is -2.24. The van der Waals surface area contributed by atoms with Gasteiger partial charge in [-0.25, -0.2) is 21.9 Å². The number of guanidine groups is 1. The fourth-order valence-corrected chi connectivity index (χ4v) is 3.27. The van der Waals surface area contributed by atoms with Gasteiger partial charge in [0.1, 0.15) is 0 Å². The van der Waals surface area contributed by atoms with Crippen molar-refractivity contribution in [3.63, 3.8) is 0 Å². The normalized spacial score (nSPS) is 13.7. The van der Waals surface area contributed by atoms with Crippen molar-refractivity contribution in [2.45, 2.75) is 39.3 Å². The molecule has 0 fully saturated rings. The second-order valence-electron chi connectivity index (χ2n) is 6.49.